The first-order valence-corrected chi connectivity index (χ1v) is 26.8. The maximum absolute atomic E-state index is 15.4. The second kappa shape index (κ2) is 25.8. The molecule has 1 unspecified atom stereocenters. The Morgan fingerprint density at radius 2 is 1.68 bits per heavy atom. The fourth-order valence-electron chi connectivity index (χ4n) is 11.6. The number of oxime groups is 1. The molecule has 8 rings (SSSR count). The number of aliphatic hydroxyl groups excluding tert-OH is 2. The Labute approximate surface area is 411 Å². The predicted molar refractivity (Wildman–Crippen MR) is 267 cm³/mol. The molecule has 7 atom stereocenters. The predicted octanol–water partition coefficient (Wildman–Crippen LogP) is 10.2. The smallest absolute Gasteiger partial charge is 0.239 e. The highest BCUT2D eigenvalue weighted by molar-refractivity contribution is 6.03. The molecule has 0 aromatic heterocycles. The van der Waals surface area contributed by atoms with Crippen LogP contribution in [0.2, 0.25) is 0 Å². The van der Waals surface area contributed by atoms with Crippen molar-refractivity contribution < 1.29 is 48.3 Å². The van der Waals surface area contributed by atoms with E-state index in [1.54, 1.807) is 6.08 Å². The molecule has 2 aromatic rings. The number of carbonyl (C=O) groups excluding carboxylic acids is 1. The lowest BCUT2D eigenvalue weighted by molar-refractivity contribution is -0.258. The Morgan fingerprint density at radius 3 is 2.43 bits per heavy atom. The molecule has 69 heavy (non-hydrogen) atoms. The fraction of sp³-hybridized carbons (Fsp3) is 0.679. The van der Waals surface area contributed by atoms with Crippen molar-refractivity contribution in [2.45, 2.75) is 166 Å². The van der Waals surface area contributed by atoms with Crippen molar-refractivity contribution in [1.29, 1.82) is 0 Å². The minimum Gasteiger partial charge on any atom is -0.492 e. The SMILES string of the molecule is C=CCO[C@@]12Oc3ccc(OCCN4CC4)cc3[C@H]3[C@H](CCCCO)[C@@H](CCCCO)C=C(C(=NOC4CCCCO4)C[C@@H]1N(Cc1ccc4c(c1)OCO4)C(=O)CCCCCCCCCCC)[C@H]32. The highest BCUT2D eigenvalue weighted by atomic mass is 16.8. The molecule has 380 valence electrons. The first kappa shape index (κ1) is 51.2. The van der Waals surface area contributed by atoms with E-state index in [2.05, 4.69) is 30.5 Å². The third-order valence-corrected chi connectivity index (χ3v) is 15.3. The van der Waals surface area contributed by atoms with Crippen LogP contribution >= 0.6 is 0 Å². The van der Waals surface area contributed by atoms with Gasteiger partial charge >= 0.3 is 0 Å². The fourth-order valence-corrected chi connectivity index (χ4v) is 11.6. The van der Waals surface area contributed by atoms with Crippen molar-refractivity contribution >= 4 is 11.6 Å². The number of amides is 1. The van der Waals surface area contributed by atoms with Gasteiger partial charge in [-0.2, -0.15) is 0 Å². The molecule has 2 aliphatic carbocycles. The van der Waals surface area contributed by atoms with Gasteiger partial charge in [-0.05, 0) is 98.2 Å². The van der Waals surface area contributed by atoms with Crippen LogP contribution in [0.4, 0.5) is 0 Å². The average Bonchev–Trinajstić information content (AvgIpc) is 4.08. The Kier molecular flexibility index (Phi) is 19.2. The third kappa shape index (κ3) is 13.0. The van der Waals surface area contributed by atoms with Crippen LogP contribution in [0, 0.1) is 17.8 Å². The van der Waals surface area contributed by atoms with Gasteiger partial charge in [-0.1, -0.05) is 94.5 Å². The number of ether oxygens (including phenoxy) is 6. The van der Waals surface area contributed by atoms with E-state index in [1.807, 2.05) is 35.2 Å². The van der Waals surface area contributed by atoms with E-state index in [1.165, 1.54) is 38.5 Å². The molecular formula is C56H81N3O10. The summed E-state index contributed by atoms with van der Waals surface area (Å²) in [7, 11) is 0. The van der Waals surface area contributed by atoms with E-state index in [9.17, 15) is 10.2 Å². The molecule has 0 radical (unpaired) electrons. The van der Waals surface area contributed by atoms with Crippen molar-refractivity contribution in [3.05, 3.63) is 71.8 Å². The molecule has 0 bridgehead atoms. The lowest BCUT2D eigenvalue weighted by Gasteiger charge is -2.60. The molecule has 6 aliphatic rings. The summed E-state index contributed by atoms with van der Waals surface area (Å²) >= 11 is 0. The molecule has 2 aromatic carbocycles. The molecule has 1 saturated carbocycles. The van der Waals surface area contributed by atoms with Crippen LogP contribution in [0.25, 0.3) is 0 Å². The number of unbranched alkanes of at least 4 members (excludes halogenated alkanes) is 10. The summed E-state index contributed by atoms with van der Waals surface area (Å²) in [5.41, 5.74) is 3.74. The summed E-state index contributed by atoms with van der Waals surface area (Å²) < 4.78 is 39.0. The van der Waals surface area contributed by atoms with Crippen LogP contribution in [-0.4, -0.2) is 109 Å². The molecule has 1 amide bonds. The lowest BCUT2D eigenvalue weighted by Crippen LogP contribution is -2.70. The van der Waals surface area contributed by atoms with Gasteiger partial charge in [0.15, 0.2) is 11.5 Å². The molecule has 13 nitrogen and oxygen atoms in total. The second-order valence-corrected chi connectivity index (χ2v) is 20.2. The van der Waals surface area contributed by atoms with Crippen molar-refractivity contribution in [1.82, 2.24) is 9.80 Å². The zero-order valence-corrected chi connectivity index (χ0v) is 41.5. The zero-order valence-electron chi connectivity index (χ0n) is 41.5. The minimum atomic E-state index is -1.37. The van der Waals surface area contributed by atoms with Crippen LogP contribution in [0.5, 0.6) is 23.0 Å². The van der Waals surface area contributed by atoms with Crippen molar-refractivity contribution in [3.8, 4) is 23.0 Å². The Morgan fingerprint density at radius 1 is 0.913 bits per heavy atom. The van der Waals surface area contributed by atoms with E-state index >= 15 is 4.79 Å². The molecule has 0 spiro atoms. The molecule has 13 heteroatoms. The van der Waals surface area contributed by atoms with Crippen LogP contribution in [0.1, 0.15) is 152 Å². The summed E-state index contributed by atoms with van der Waals surface area (Å²) in [6.07, 6.45) is 22.3. The standard InChI is InChI=1S/C56H81N3O10/c1-3-5-6-7-8-9-10-11-12-21-52(62)59(39-41-23-25-49-50(35-41)66-40-65-49)51-38-47(57-69-53-22-15-18-33-64-53)45-36-42(19-13-16-30-60)44(20-14-17-31-61)54-46-37-43(63-34-29-58-27-28-58)24-26-48(46)68-56(51,55(45)54)67-32-4-2/h4,23-26,35-37,42,44,51,53-55,60-61H,2-3,5-22,27-34,38-40H2,1H3/t42-,44+,51-,53?,54+,55+,56+/m0/s1. The summed E-state index contributed by atoms with van der Waals surface area (Å²) in [6.45, 7) is 11.6. The van der Waals surface area contributed by atoms with Gasteiger partial charge in [-0.15, -0.1) is 6.58 Å². The van der Waals surface area contributed by atoms with E-state index in [0.717, 1.165) is 112 Å². The highest BCUT2D eigenvalue weighted by Gasteiger charge is 2.65. The van der Waals surface area contributed by atoms with Gasteiger partial charge in [0.05, 0.1) is 24.8 Å². The molecule has 2 N–H and O–H groups in total. The van der Waals surface area contributed by atoms with Gasteiger partial charge in [-0.25, -0.2) is 0 Å². The highest BCUT2D eigenvalue weighted by Crippen LogP contribution is 2.62. The van der Waals surface area contributed by atoms with Gasteiger partial charge in [0, 0.05) is 70.1 Å². The number of fused-ring (bicyclic) bond motifs is 3. The minimum absolute atomic E-state index is 0.0313. The number of hydrogen-bond donors (Lipinski definition) is 2. The Bertz CT molecular complexity index is 2020. The van der Waals surface area contributed by atoms with E-state index < -0.39 is 24.0 Å². The summed E-state index contributed by atoms with van der Waals surface area (Å²) in [5, 5.41) is 25.2. The third-order valence-electron chi connectivity index (χ3n) is 15.3. The molecule has 4 aliphatic heterocycles. The van der Waals surface area contributed by atoms with Crippen molar-refractivity contribution in [2.24, 2.45) is 22.9 Å². The van der Waals surface area contributed by atoms with Crippen LogP contribution in [0.15, 0.2) is 65.9 Å². The number of hydrogen-bond acceptors (Lipinski definition) is 12. The summed E-state index contributed by atoms with van der Waals surface area (Å²) in [4.78, 5) is 26.2. The number of benzene rings is 2. The monoisotopic (exact) mass is 956 g/mol. The number of carbonyl (C=O) groups is 1. The summed E-state index contributed by atoms with van der Waals surface area (Å²) in [6, 6.07) is 11.5. The second-order valence-electron chi connectivity index (χ2n) is 20.2. The van der Waals surface area contributed by atoms with E-state index in [4.69, 9.17) is 38.4 Å². The number of nitrogens with zero attached hydrogens (tertiary/aromatic N) is 3. The van der Waals surface area contributed by atoms with Gasteiger partial charge in [0.2, 0.25) is 24.8 Å². The number of aliphatic hydroxyl groups is 2. The van der Waals surface area contributed by atoms with Gasteiger partial charge in [-0.3, -0.25) is 9.69 Å². The number of allylic oxidation sites excluding steroid dienone is 1. The van der Waals surface area contributed by atoms with Gasteiger partial charge in [0.25, 0.3) is 0 Å². The Balaban J connectivity index is 1.24. The van der Waals surface area contributed by atoms with E-state index in [0.29, 0.717) is 56.1 Å². The Hall–Kier alpha value is -4.14. The van der Waals surface area contributed by atoms with Gasteiger partial charge < -0.3 is 48.4 Å². The first-order chi connectivity index (χ1) is 34.0. The largest absolute Gasteiger partial charge is 0.492 e. The van der Waals surface area contributed by atoms with Crippen LogP contribution in [0.3, 0.4) is 0 Å². The molecule has 4 heterocycles. The maximum atomic E-state index is 15.4. The zero-order chi connectivity index (χ0) is 47.8. The number of rotatable bonds is 30. The van der Waals surface area contributed by atoms with Gasteiger partial charge in [0.1, 0.15) is 24.1 Å². The maximum Gasteiger partial charge on any atom is 0.239 e. The van der Waals surface area contributed by atoms with Crippen molar-refractivity contribution in [2.75, 3.05) is 59.5 Å². The van der Waals surface area contributed by atoms with Crippen LogP contribution in [-0.2, 0) is 25.7 Å². The normalized spacial score (nSPS) is 26.1. The van der Waals surface area contributed by atoms with E-state index in [-0.39, 0.29) is 56.8 Å². The quantitative estimate of drug-likeness (QED) is 0.0335. The molecule has 3 fully saturated rings. The summed E-state index contributed by atoms with van der Waals surface area (Å²) in [5.74, 6) is 1.18. The average molecular weight is 956 g/mol. The lowest BCUT2D eigenvalue weighted by atomic mass is 9.55. The van der Waals surface area contributed by atoms with Crippen molar-refractivity contribution in [3.63, 3.8) is 0 Å². The topological polar surface area (TPSA) is 141 Å². The molecule has 2 saturated heterocycles. The van der Waals surface area contributed by atoms with Crippen LogP contribution < -0.4 is 18.9 Å². The molecular weight excluding hydrogens is 875 g/mol. The first-order valence-electron chi connectivity index (χ1n) is 26.8.